The maximum atomic E-state index is 11.7. The van der Waals surface area contributed by atoms with Gasteiger partial charge in [-0.2, -0.15) is 0 Å². The van der Waals surface area contributed by atoms with E-state index in [2.05, 4.69) is 13.5 Å². The summed E-state index contributed by atoms with van der Waals surface area (Å²) in [5.41, 5.74) is 0.375. The predicted octanol–water partition coefficient (Wildman–Crippen LogP) is 4.11. The SMILES string of the molecule is C=C(C)C(=O)Oc1ccc(OCCC)c2ccccc12. The number of ether oxygens (including phenoxy) is 2. The topological polar surface area (TPSA) is 35.5 Å². The number of esters is 1. The fraction of sp³-hybridized carbons (Fsp3) is 0.235. The molecule has 0 N–H and O–H groups in total. The van der Waals surface area contributed by atoms with E-state index in [0.29, 0.717) is 17.9 Å². The van der Waals surface area contributed by atoms with Crippen LogP contribution in [0.3, 0.4) is 0 Å². The number of fused-ring (bicyclic) bond motifs is 1. The van der Waals surface area contributed by atoms with Crippen molar-refractivity contribution in [3.05, 3.63) is 48.6 Å². The Hall–Kier alpha value is -2.29. The van der Waals surface area contributed by atoms with Gasteiger partial charge in [0.1, 0.15) is 11.5 Å². The van der Waals surface area contributed by atoms with E-state index in [1.807, 2.05) is 30.3 Å². The van der Waals surface area contributed by atoms with Crippen molar-refractivity contribution in [2.24, 2.45) is 0 Å². The molecule has 0 unspecified atom stereocenters. The second kappa shape index (κ2) is 6.24. The lowest BCUT2D eigenvalue weighted by Crippen LogP contribution is -2.08. The standard InChI is InChI=1S/C17H18O3/c1-4-11-19-15-9-10-16(20-17(18)12(2)3)14-8-6-5-7-13(14)15/h5-10H,2,4,11H2,1,3H3. The highest BCUT2D eigenvalue weighted by Crippen LogP contribution is 2.33. The van der Waals surface area contributed by atoms with E-state index in [0.717, 1.165) is 22.9 Å². The maximum Gasteiger partial charge on any atom is 0.338 e. The second-order valence-electron chi connectivity index (χ2n) is 4.63. The molecule has 0 bridgehead atoms. The van der Waals surface area contributed by atoms with E-state index < -0.39 is 5.97 Å². The van der Waals surface area contributed by atoms with E-state index in [4.69, 9.17) is 9.47 Å². The molecular formula is C17H18O3. The fourth-order valence-electron chi connectivity index (χ4n) is 1.86. The third-order valence-corrected chi connectivity index (χ3v) is 2.86. The van der Waals surface area contributed by atoms with E-state index in [1.165, 1.54) is 0 Å². The van der Waals surface area contributed by atoms with Gasteiger partial charge in [-0.1, -0.05) is 37.8 Å². The molecule has 0 fully saturated rings. The van der Waals surface area contributed by atoms with Gasteiger partial charge in [0, 0.05) is 16.3 Å². The minimum atomic E-state index is -0.419. The molecule has 2 aromatic carbocycles. The molecule has 0 amide bonds. The number of rotatable bonds is 5. The molecule has 3 nitrogen and oxygen atoms in total. The van der Waals surface area contributed by atoms with Crippen LogP contribution in [0, 0.1) is 0 Å². The molecule has 0 spiro atoms. The third-order valence-electron chi connectivity index (χ3n) is 2.86. The smallest absolute Gasteiger partial charge is 0.338 e. The van der Waals surface area contributed by atoms with Crippen LogP contribution in [0.25, 0.3) is 10.8 Å². The predicted molar refractivity (Wildman–Crippen MR) is 80.2 cm³/mol. The molecule has 20 heavy (non-hydrogen) atoms. The minimum Gasteiger partial charge on any atom is -0.493 e. The summed E-state index contributed by atoms with van der Waals surface area (Å²) < 4.78 is 11.1. The zero-order valence-electron chi connectivity index (χ0n) is 11.8. The Morgan fingerprint density at radius 2 is 1.70 bits per heavy atom. The summed E-state index contributed by atoms with van der Waals surface area (Å²) >= 11 is 0. The number of hydrogen-bond donors (Lipinski definition) is 0. The van der Waals surface area contributed by atoms with Crippen LogP contribution in [-0.2, 0) is 4.79 Å². The summed E-state index contributed by atoms with van der Waals surface area (Å²) in [7, 11) is 0. The van der Waals surface area contributed by atoms with Gasteiger partial charge in [-0.25, -0.2) is 4.79 Å². The monoisotopic (exact) mass is 270 g/mol. The van der Waals surface area contributed by atoms with Crippen molar-refractivity contribution in [3.63, 3.8) is 0 Å². The number of hydrogen-bond acceptors (Lipinski definition) is 3. The summed E-state index contributed by atoms with van der Waals surface area (Å²) in [5, 5.41) is 1.80. The highest BCUT2D eigenvalue weighted by atomic mass is 16.5. The highest BCUT2D eigenvalue weighted by molar-refractivity contribution is 5.97. The molecule has 0 aliphatic carbocycles. The van der Waals surface area contributed by atoms with Gasteiger partial charge in [0.05, 0.1) is 6.61 Å². The Morgan fingerprint density at radius 3 is 2.30 bits per heavy atom. The fourth-order valence-corrected chi connectivity index (χ4v) is 1.86. The van der Waals surface area contributed by atoms with Gasteiger partial charge in [0.25, 0.3) is 0 Å². The first kappa shape index (κ1) is 14.1. The third kappa shape index (κ3) is 2.99. The first-order valence-electron chi connectivity index (χ1n) is 6.65. The van der Waals surface area contributed by atoms with Gasteiger partial charge in [-0.3, -0.25) is 0 Å². The first-order valence-corrected chi connectivity index (χ1v) is 6.65. The van der Waals surface area contributed by atoms with Crippen LogP contribution in [0.2, 0.25) is 0 Å². The van der Waals surface area contributed by atoms with E-state index in [1.54, 1.807) is 13.0 Å². The average molecular weight is 270 g/mol. The van der Waals surface area contributed by atoms with E-state index in [-0.39, 0.29) is 0 Å². The van der Waals surface area contributed by atoms with Gasteiger partial charge >= 0.3 is 5.97 Å². The Kier molecular flexibility index (Phi) is 4.41. The lowest BCUT2D eigenvalue weighted by molar-refractivity contribution is -0.129. The van der Waals surface area contributed by atoms with Crippen LogP contribution in [0.1, 0.15) is 20.3 Å². The van der Waals surface area contributed by atoms with Crippen molar-refractivity contribution in [1.82, 2.24) is 0 Å². The Labute approximate surface area is 118 Å². The molecule has 0 atom stereocenters. The van der Waals surface area contributed by atoms with Crippen molar-refractivity contribution in [3.8, 4) is 11.5 Å². The van der Waals surface area contributed by atoms with Gasteiger partial charge in [-0.05, 0) is 25.5 Å². The summed E-state index contributed by atoms with van der Waals surface area (Å²) in [6.07, 6.45) is 0.945. The maximum absolute atomic E-state index is 11.7. The normalized spacial score (nSPS) is 10.3. The van der Waals surface area contributed by atoms with Gasteiger partial charge < -0.3 is 9.47 Å². The minimum absolute atomic E-state index is 0.375. The summed E-state index contributed by atoms with van der Waals surface area (Å²) in [6.45, 7) is 7.94. The van der Waals surface area contributed by atoms with E-state index >= 15 is 0 Å². The number of carbonyl (C=O) groups is 1. The van der Waals surface area contributed by atoms with Crippen LogP contribution in [0.15, 0.2) is 48.6 Å². The molecule has 0 aliphatic rings. The lowest BCUT2D eigenvalue weighted by Gasteiger charge is -2.12. The Bertz CT molecular complexity index is 644. The lowest BCUT2D eigenvalue weighted by atomic mass is 10.1. The average Bonchev–Trinajstić information content (AvgIpc) is 2.46. The molecule has 104 valence electrons. The van der Waals surface area contributed by atoms with Crippen molar-refractivity contribution in [2.75, 3.05) is 6.61 Å². The Morgan fingerprint density at radius 1 is 1.10 bits per heavy atom. The molecule has 3 heteroatoms. The zero-order valence-corrected chi connectivity index (χ0v) is 11.8. The molecule has 0 saturated carbocycles. The molecule has 0 aromatic heterocycles. The van der Waals surface area contributed by atoms with Crippen LogP contribution in [0.5, 0.6) is 11.5 Å². The van der Waals surface area contributed by atoms with Crippen LogP contribution < -0.4 is 9.47 Å². The van der Waals surface area contributed by atoms with Crippen LogP contribution in [0.4, 0.5) is 0 Å². The summed E-state index contributed by atoms with van der Waals surface area (Å²) in [6, 6.07) is 11.3. The quantitative estimate of drug-likeness (QED) is 0.466. The first-order chi connectivity index (χ1) is 9.63. The molecular weight excluding hydrogens is 252 g/mol. The number of carbonyl (C=O) groups excluding carboxylic acids is 1. The van der Waals surface area contributed by atoms with Gasteiger partial charge in [-0.15, -0.1) is 0 Å². The van der Waals surface area contributed by atoms with E-state index in [9.17, 15) is 4.79 Å². The summed E-state index contributed by atoms with van der Waals surface area (Å²) in [5.74, 6) is 0.910. The largest absolute Gasteiger partial charge is 0.493 e. The van der Waals surface area contributed by atoms with Crippen LogP contribution in [-0.4, -0.2) is 12.6 Å². The second-order valence-corrected chi connectivity index (χ2v) is 4.63. The zero-order chi connectivity index (χ0) is 14.5. The van der Waals surface area contributed by atoms with Gasteiger partial charge in [0.2, 0.25) is 0 Å². The Balaban J connectivity index is 2.43. The van der Waals surface area contributed by atoms with Crippen molar-refractivity contribution >= 4 is 16.7 Å². The molecule has 2 rings (SSSR count). The molecule has 0 aliphatic heterocycles. The molecule has 2 aromatic rings. The molecule has 0 saturated heterocycles. The highest BCUT2D eigenvalue weighted by Gasteiger charge is 2.11. The number of benzene rings is 2. The van der Waals surface area contributed by atoms with Gasteiger partial charge in [0.15, 0.2) is 0 Å². The summed E-state index contributed by atoms with van der Waals surface area (Å²) in [4.78, 5) is 11.7. The molecule has 0 radical (unpaired) electrons. The molecule has 0 heterocycles. The van der Waals surface area contributed by atoms with Crippen molar-refractivity contribution in [1.29, 1.82) is 0 Å². The van der Waals surface area contributed by atoms with Crippen LogP contribution >= 0.6 is 0 Å². The van der Waals surface area contributed by atoms with Crippen molar-refractivity contribution < 1.29 is 14.3 Å². The van der Waals surface area contributed by atoms with Crippen molar-refractivity contribution in [2.45, 2.75) is 20.3 Å².